The van der Waals surface area contributed by atoms with Crippen molar-refractivity contribution in [1.82, 2.24) is 9.47 Å². The minimum atomic E-state index is -0.714. The van der Waals surface area contributed by atoms with Crippen LogP contribution >= 0.6 is 0 Å². The number of rotatable bonds is 6. The van der Waals surface area contributed by atoms with Gasteiger partial charge in [0.15, 0.2) is 0 Å². The molecule has 1 aliphatic rings. The van der Waals surface area contributed by atoms with Crippen LogP contribution in [0.3, 0.4) is 0 Å². The van der Waals surface area contributed by atoms with E-state index in [1.54, 1.807) is 22.9 Å². The first-order valence-corrected chi connectivity index (χ1v) is 6.75. The molecule has 1 N–H and O–H groups in total. The molecule has 1 atom stereocenters. The van der Waals surface area contributed by atoms with E-state index < -0.39 is 5.97 Å². The highest BCUT2D eigenvalue weighted by molar-refractivity contribution is 5.66. The van der Waals surface area contributed by atoms with E-state index in [0.717, 1.165) is 32.5 Å². The van der Waals surface area contributed by atoms with Crippen LogP contribution in [0.25, 0.3) is 0 Å². The fraction of sp³-hybridized carbons (Fsp3) is 0.571. The van der Waals surface area contributed by atoms with E-state index in [1.165, 1.54) is 0 Å². The lowest BCUT2D eigenvalue weighted by Gasteiger charge is -2.16. The molecule has 2 heterocycles. The molecule has 1 aromatic rings. The molecule has 1 fully saturated rings. The van der Waals surface area contributed by atoms with Gasteiger partial charge in [0.05, 0.1) is 0 Å². The third-order valence-electron chi connectivity index (χ3n) is 3.69. The van der Waals surface area contributed by atoms with Gasteiger partial charge in [0.2, 0.25) is 0 Å². The predicted molar refractivity (Wildman–Crippen MR) is 72.1 cm³/mol. The number of pyridine rings is 1. The quantitative estimate of drug-likeness (QED) is 0.833. The first-order valence-electron chi connectivity index (χ1n) is 6.75. The molecule has 1 saturated heterocycles. The molecule has 0 spiro atoms. The number of hydrogen-bond acceptors (Lipinski definition) is 3. The van der Waals surface area contributed by atoms with Crippen LogP contribution in [0.1, 0.15) is 19.3 Å². The van der Waals surface area contributed by atoms with E-state index in [0.29, 0.717) is 12.5 Å². The minimum absolute atomic E-state index is 0.0316. The number of aliphatic carboxylic acids is 1. The Morgan fingerprint density at radius 3 is 2.95 bits per heavy atom. The maximum Gasteiger partial charge on any atom is 0.303 e. The molecule has 0 bridgehead atoms. The lowest BCUT2D eigenvalue weighted by atomic mass is 10.0. The van der Waals surface area contributed by atoms with Crippen molar-refractivity contribution in [2.45, 2.75) is 25.8 Å². The first kappa shape index (κ1) is 13.8. The van der Waals surface area contributed by atoms with Crippen molar-refractivity contribution in [2.24, 2.45) is 5.92 Å². The summed E-state index contributed by atoms with van der Waals surface area (Å²) in [4.78, 5) is 24.4. The van der Waals surface area contributed by atoms with Crippen molar-refractivity contribution in [2.75, 3.05) is 19.6 Å². The second-order valence-corrected chi connectivity index (χ2v) is 5.12. The van der Waals surface area contributed by atoms with Crippen molar-refractivity contribution in [3.63, 3.8) is 0 Å². The highest BCUT2D eigenvalue weighted by Gasteiger charge is 2.22. The Balaban J connectivity index is 1.75. The number of hydrogen-bond donors (Lipinski definition) is 1. The number of carbonyl (C=O) groups is 1. The van der Waals surface area contributed by atoms with Crippen molar-refractivity contribution >= 4 is 5.97 Å². The summed E-state index contributed by atoms with van der Waals surface area (Å²) < 4.78 is 1.71. The molecular weight excluding hydrogens is 244 g/mol. The van der Waals surface area contributed by atoms with Gasteiger partial charge in [-0.05, 0) is 31.4 Å². The summed E-state index contributed by atoms with van der Waals surface area (Å²) in [6.45, 7) is 3.51. The van der Waals surface area contributed by atoms with Gasteiger partial charge in [-0.15, -0.1) is 0 Å². The molecule has 2 rings (SSSR count). The molecule has 0 aliphatic carbocycles. The number of nitrogens with zero attached hydrogens (tertiary/aromatic N) is 2. The zero-order chi connectivity index (χ0) is 13.7. The van der Waals surface area contributed by atoms with Crippen LogP contribution in [0.5, 0.6) is 0 Å². The Hall–Kier alpha value is -1.62. The fourth-order valence-electron chi connectivity index (χ4n) is 2.57. The smallest absolute Gasteiger partial charge is 0.303 e. The third kappa shape index (κ3) is 4.21. The summed E-state index contributed by atoms with van der Waals surface area (Å²) >= 11 is 0. The van der Waals surface area contributed by atoms with E-state index in [4.69, 9.17) is 5.11 Å². The topological polar surface area (TPSA) is 62.5 Å². The van der Waals surface area contributed by atoms with E-state index in [1.807, 2.05) is 6.07 Å². The van der Waals surface area contributed by atoms with E-state index in [2.05, 4.69) is 4.90 Å². The Bertz CT molecular complexity index is 484. The number of carboxylic acids is 1. The van der Waals surface area contributed by atoms with Gasteiger partial charge in [0, 0.05) is 38.3 Å². The van der Waals surface area contributed by atoms with Crippen molar-refractivity contribution in [3.05, 3.63) is 34.7 Å². The summed E-state index contributed by atoms with van der Waals surface area (Å²) in [5.74, 6) is -0.224. The summed E-state index contributed by atoms with van der Waals surface area (Å²) in [6.07, 6.45) is 3.89. The van der Waals surface area contributed by atoms with Crippen molar-refractivity contribution < 1.29 is 9.90 Å². The fourth-order valence-corrected chi connectivity index (χ4v) is 2.57. The number of carboxylic acid groups (broad SMARTS) is 1. The Morgan fingerprint density at radius 1 is 1.37 bits per heavy atom. The summed E-state index contributed by atoms with van der Waals surface area (Å²) in [5, 5.41) is 8.67. The number of aromatic nitrogens is 1. The molecule has 1 aromatic heterocycles. The van der Waals surface area contributed by atoms with Crippen LogP contribution in [0.15, 0.2) is 29.2 Å². The van der Waals surface area contributed by atoms with Gasteiger partial charge in [-0.25, -0.2) is 0 Å². The Morgan fingerprint density at radius 2 is 2.21 bits per heavy atom. The summed E-state index contributed by atoms with van der Waals surface area (Å²) in [7, 11) is 0. The largest absolute Gasteiger partial charge is 0.481 e. The monoisotopic (exact) mass is 264 g/mol. The molecule has 5 heteroatoms. The third-order valence-corrected chi connectivity index (χ3v) is 3.69. The average molecular weight is 264 g/mol. The van der Waals surface area contributed by atoms with Gasteiger partial charge in [-0.1, -0.05) is 6.07 Å². The van der Waals surface area contributed by atoms with Crippen molar-refractivity contribution in [1.29, 1.82) is 0 Å². The van der Waals surface area contributed by atoms with Crippen LogP contribution in [-0.4, -0.2) is 40.2 Å². The lowest BCUT2D eigenvalue weighted by Crippen LogP contribution is -2.29. The van der Waals surface area contributed by atoms with Crippen molar-refractivity contribution in [3.8, 4) is 0 Å². The molecule has 19 heavy (non-hydrogen) atoms. The normalized spacial score (nSPS) is 19.7. The number of likely N-dealkylation sites (tertiary alicyclic amines) is 1. The average Bonchev–Trinajstić information content (AvgIpc) is 2.83. The second kappa shape index (κ2) is 6.52. The van der Waals surface area contributed by atoms with Crippen LogP contribution in [0.2, 0.25) is 0 Å². The van der Waals surface area contributed by atoms with E-state index in [-0.39, 0.29) is 12.0 Å². The van der Waals surface area contributed by atoms with Gasteiger partial charge in [0.1, 0.15) is 0 Å². The highest BCUT2D eigenvalue weighted by atomic mass is 16.4. The van der Waals surface area contributed by atoms with Gasteiger partial charge < -0.3 is 14.6 Å². The van der Waals surface area contributed by atoms with Crippen LogP contribution in [-0.2, 0) is 11.3 Å². The molecule has 104 valence electrons. The summed E-state index contributed by atoms with van der Waals surface area (Å²) in [6, 6.07) is 5.18. The maximum atomic E-state index is 11.5. The van der Waals surface area contributed by atoms with E-state index in [9.17, 15) is 9.59 Å². The molecule has 0 amide bonds. The van der Waals surface area contributed by atoms with Crippen LogP contribution < -0.4 is 5.56 Å². The minimum Gasteiger partial charge on any atom is -0.481 e. The highest BCUT2D eigenvalue weighted by Crippen LogP contribution is 2.20. The van der Waals surface area contributed by atoms with Crippen LogP contribution in [0.4, 0.5) is 0 Å². The standard InChI is InChI=1S/C14H20N2O3/c17-13-3-1-2-7-16(13)10-9-15-8-6-12(11-15)4-5-14(18)19/h1-3,7,12H,4-6,8-11H2,(H,18,19). The van der Waals surface area contributed by atoms with Gasteiger partial charge >= 0.3 is 5.97 Å². The Kier molecular flexibility index (Phi) is 4.74. The Labute approximate surface area is 112 Å². The zero-order valence-corrected chi connectivity index (χ0v) is 11.0. The van der Waals surface area contributed by atoms with Crippen LogP contribution in [0, 0.1) is 5.92 Å². The SMILES string of the molecule is O=C(O)CCC1CCN(CCn2ccccc2=O)C1. The van der Waals surface area contributed by atoms with Gasteiger partial charge in [-0.3, -0.25) is 9.59 Å². The van der Waals surface area contributed by atoms with E-state index >= 15 is 0 Å². The summed E-state index contributed by atoms with van der Waals surface area (Å²) in [5.41, 5.74) is 0.0316. The predicted octanol–water partition coefficient (Wildman–Crippen LogP) is 1.03. The molecule has 0 saturated carbocycles. The molecular formula is C14H20N2O3. The molecule has 1 aliphatic heterocycles. The van der Waals surface area contributed by atoms with Gasteiger partial charge in [0.25, 0.3) is 5.56 Å². The molecule has 1 unspecified atom stereocenters. The molecule has 0 radical (unpaired) electrons. The maximum absolute atomic E-state index is 11.5. The molecule has 5 nitrogen and oxygen atoms in total. The first-order chi connectivity index (χ1) is 9.15. The lowest BCUT2D eigenvalue weighted by molar-refractivity contribution is -0.137. The van der Waals surface area contributed by atoms with Gasteiger partial charge in [-0.2, -0.15) is 0 Å². The second-order valence-electron chi connectivity index (χ2n) is 5.12. The zero-order valence-electron chi connectivity index (χ0n) is 11.0. The molecule has 0 aromatic carbocycles.